The number of aliphatic carboxylic acids is 1. The number of rotatable bonds is 5. The van der Waals surface area contributed by atoms with Gasteiger partial charge < -0.3 is 9.63 Å². The molecule has 2 atom stereocenters. The lowest BCUT2D eigenvalue weighted by atomic mass is 9.77. The van der Waals surface area contributed by atoms with Crippen molar-refractivity contribution in [3.63, 3.8) is 0 Å². The highest BCUT2D eigenvalue weighted by molar-refractivity contribution is 5.66. The number of hydrogen-bond donors (Lipinski definition) is 1. The van der Waals surface area contributed by atoms with Crippen LogP contribution in [0.25, 0.3) is 0 Å². The summed E-state index contributed by atoms with van der Waals surface area (Å²) in [5, 5.41) is 12.8. The normalized spacial score (nSPS) is 18.1. The first-order valence-electron chi connectivity index (χ1n) is 6.75. The molecule has 3 rings (SSSR count). The molecule has 1 aromatic heterocycles. The second kappa shape index (κ2) is 5.07. The second-order valence-corrected chi connectivity index (χ2v) is 5.41. The van der Waals surface area contributed by atoms with Crippen LogP contribution < -0.4 is 0 Å². The molecule has 2 aromatic rings. The molecule has 1 heterocycles. The van der Waals surface area contributed by atoms with Crippen LogP contribution in [-0.2, 0) is 17.6 Å². The molecule has 2 unspecified atom stereocenters. The highest BCUT2D eigenvalue weighted by Gasteiger charge is 2.31. The quantitative estimate of drug-likeness (QED) is 0.904. The minimum absolute atomic E-state index is 0.00511. The molecular weight excluding hydrogens is 256 g/mol. The van der Waals surface area contributed by atoms with Crippen LogP contribution in [0.1, 0.15) is 42.1 Å². The third-order valence-electron chi connectivity index (χ3n) is 3.70. The summed E-state index contributed by atoms with van der Waals surface area (Å²) >= 11 is 0. The Morgan fingerprint density at radius 3 is 3.05 bits per heavy atom. The Kier molecular flexibility index (Phi) is 3.26. The van der Waals surface area contributed by atoms with Crippen LogP contribution in [0.4, 0.5) is 0 Å². The number of nitrogens with zero attached hydrogens (tertiary/aromatic N) is 2. The first kappa shape index (κ1) is 12.8. The number of carboxylic acids is 1. The zero-order valence-corrected chi connectivity index (χ0v) is 11.2. The van der Waals surface area contributed by atoms with Crippen molar-refractivity contribution >= 4 is 5.97 Å². The summed E-state index contributed by atoms with van der Waals surface area (Å²) in [6.07, 6.45) is 1.57. The molecule has 0 bridgehead atoms. The maximum Gasteiger partial charge on any atom is 0.303 e. The molecule has 20 heavy (non-hydrogen) atoms. The van der Waals surface area contributed by atoms with E-state index in [2.05, 4.69) is 22.3 Å². The molecule has 0 saturated carbocycles. The Morgan fingerprint density at radius 2 is 2.30 bits per heavy atom. The average molecular weight is 272 g/mol. The van der Waals surface area contributed by atoms with E-state index in [1.807, 2.05) is 19.1 Å². The van der Waals surface area contributed by atoms with E-state index in [1.54, 1.807) is 0 Å². The topological polar surface area (TPSA) is 76.2 Å². The smallest absolute Gasteiger partial charge is 0.303 e. The molecular formula is C15H16N2O3. The largest absolute Gasteiger partial charge is 0.481 e. The summed E-state index contributed by atoms with van der Waals surface area (Å²) in [7, 11) is 0. The van der Waals surface area contributed by atoms with Gasteiger partial charge in [0.15, 0.2) is 5.82 Å². The van der Waals surface area contributed by atoms with E-state index >= 15 is 0 Å². The molecule has 0 aliphatic heterocycles. The number of carboxylic acid groups (broad SMARTS) is 1. The predicted octanol–water partition coefficient (Wildman–Crippen LogP) is 2.41. The maximum absolute atomic E-state index is 10.6. The number of fused-ring (bicyclic) bond motifs is 1. The summed E-state index contributed by atoms with van der Waals surface area (Å²) in [6, 6.07) is 8.25. The van der Waals surface area contributed by atoms with Crippen molar-refractivity contribution in [1.82, 2.24) is 10.1 Å². The summed E-state index contributed by atoms with van der Waals surface area (Å²) in [5.74, 6) is 0.650. The summed E-state index contributed by atoms with van der Waals surface area (Å²) in [6.45, 7) is 1.87. The molecule has 104 valence electrons. The Balaban J connectivity index is 1.68. The molecule has 0 spiro atoms. The average Bonchev–Trinajstić information content (AvgIpc) is 2.77. The molecule has 0 radical (unpaired) electrons. The van der Waals surface area contributed by atoms with E-state index in [4.69, 9.17) is 9.63 Å². The fraction of sp³-hybridized carbons (Fsp3) is 0.400. The van der Waals surface area contributed by atoms with E-state index in [0.717, 1.165) is 6.42 Å². The number of aromatic nitrogens is 2. The van der Waals surface area contributed by atoms with Gasteiger partial charge in [-0.15, -0.1) is 0 Å². The highest BCUT2D eigenvalue weighted by Crippen LogP contribution is 2.38. The summed E-state index contributed by atoms with van der Waals surface area (Å²) < 4.78 is 5.23. The van der Waals surface area contributed by atoms with Crippen molar-refractivity contribution in [3.8, 4) is 0 Å². The first-order chi connectivity index (χ1) is 9.63. The third-order valence-corrected chi connectivity index (χ3v) is 3.70. The predicted molar refractivity (Wildman–Crippen MR) is 71.4 cm³/mol. The Labute approximate surface area is 116 Å². The van der Waals surface area contributed by atoms with Crippen molar-refractivity contribution in [2.75, 3.05) is 0 Å². The molecule has 1 aromatic carbocycles. The monoisotopic (exact) mass is 272 g/mol. The van der Waals surface area contributed by atoms with Gasteiger partial charge in [-0.2, -0.15) is 4.98 Å². The van der Waals surface area contributed by atoms with Gasteiger partial charge in [-0.3, -0.25) is 4.79 Å². The number of hydrogen-bond acceptors (Lipinski definition) is 4. The van der Waals surface area contributed by atoms with Crippen LogP contribution in [0.15, 0.2) is 28.8 Å². The van der Waals surface area contributed by atoms with Crippen LogP contribution in [0.3, 0.4) is 0 Å². The minimum Gasteiger partial charge on any atom is -0.481 e. The number of carbonyl (C=O) groups is 1. The molecule has 0 fully saturated rings. The van der Waals surface area contributed by atoms with E-state index in [0.29, 0.717) is 18.1 Å². The molecule has 5 nitrogen and oxygen atoms in total. The van der Waals surface area contributed by atoms with Crippen molar-refractivity contribution in [3.05, 3.63) is 47.1 Å². The SMILES string of the molecule is CC(CC(=O)O)Cc1nc(C2Cc3ccccc32)no1. The molecule has 5 heteroatoms. The standard InChI is InChI=1S/C15H16N2O3/c1-9(7-14(18)19)6-13-16-15(17-20-13)12-8-10-4-2-3-5-11(10)12/h2-5,9,12H,6-8H2,1H3,(H,18,19). The molecule has 1 aliphatic carbocycles. The molecule has 1 aliphatic rings. The summed E-state index contributed by atoms with van der Waals surface area (Å²) in [4.78, 5) is 15.0. The Morgan fingerprint density at radius 1 is 1.50 bits per heavy atom. The van der Waals surface area contributed by atoms with Crippen LogP contribution in [0, 0.1) is 5.92 Å². The molecule has 1 N–H and O–H groups in total. The van der Waals surface area contributed by atoms with Crippen molar-refractivity contribution in [2.24, 2.45) is 5.92 Å². The maximum atomic E-state index is 10.6. The fourth-order valence-electron chi connectivity index (χ4n) is 2.65. The Bertz CT molecular complexity index is 636. The van der Waals surface area contributed by atoms with Gasteiger partial charge in [0.1, 0.15) is 0 Å². The van der Waals surface area contributed by atoms with Crippen LogP contribution in [0.5, 0.6) is 0 Å². The molecule has 0 saturated heterocycles. The lowest BCUT2D eigenvalue weighted by Crippen LogP contribution is -2.19. The lowest BCUT2D eigenvalue weighted by molar-refractivity contribution is -0.137. The van der Waals surface area contributed by atoms with Crippen LogP contribution in [-0.4, -0.2) is 21.2 Å². The first-order valence-corrected chi connectivity index (χ1v) is 6.75. The van der Waals surface area contributed by atoms with Gasteiger partial charge in [-0.25, -0.2) is 0 Å². The van der Waals surface area contributed by atoms with Gasteiger partial charge in [0.05, 0.1) is 5.92 Å². The van der Waals surface area contributed by atoms with E-state index in [9.17, 15) is 4.79 Å². The van der Waals surface area contributed by atoms with Gasteiger partial charge >= 0.3 is 5.97 Å². The lowest BCUT2D eigenvalue weighted by Gasteiger charge is -2.27. The van der Waals surface area contributed by atoms with Crippen molar-refractivity contribution < 1.29 is 14.4 Å². The van der Waals surface area contributed by atoms with Crippen molar-refractivity contribution in [1.29, 1.82) is 0 Å². The fourth-order valence-corrected chi connectivity index (χ4v) is 2.65. The third kappa shape index (κ3) is 2.43. The second-order valence-electron chi connectivity index (χ2n) is 5.41. The number of benzene rings is 1. The van der Waals surface area contributed by atoms with Gasteiger partial charge in [0.25, 0.3) is 0 Å². The minimum atomic E-state index is -0.801. The van der Waals surface area contributed by atoms with E-state index in [1.165, 1.54) is 11.1 Å². The Hall–Kier alpha value is -2.17. The zero-order chi connectivity index (χ0) is 14.1. The zero-order valence-electron chi connectivity index (χ0n) is 11.2. The van der Waals surface area contributed by atoms with Gasteiger partial charge in [-0.1, -0.05) is 36.3 Å². The highest BCUT2D eigenvalue weighted by atomic mass is 16.5. The van der Waals surface area contributed by atoms with Gasteiger partial charge in [0.2, 0.25) is 5.89 Å². The van der Waals surface area contributed by atoms with Crippen LogP contribution in [0.2, 0.25) is 0 Å². The summed E-state index contributed by atoms with van der Waals surface area (Å²) in [5.41, 5.74) is 2.60. The van der Waals surface area contributed by atoms with Crippen LogP contribution >= 0.6 is 0 Å². The van der Waals surface area contributed by atoms with E-state index in [-0.39, 0.29) is 18.3 Å². The van der Waals surface area contributed by atoms with Gasteiger partial charge in [-0.05, 0) is 23.5 Å². The van der Waals surface area contributed by atoms with Crippen molar-refractivity contribution in [2.45, 2.75) is 32.1 Å². The van der Waals surface area contributed by atoms with E-state index < -0.39 is 5.97 Å². The molecule has 0 amide bonds. The van der Waals surface area contributed by atoms with Gasteiger partial charge in [0, 0.05) is 12.8 Å².